The van der Waals surface area contributed by atoms with Crippen LogP contribution in [0.3, 0.4) is 0 Å². The summed E-state index contributed by atoms with van der Waals surface area (Å²) >= 11 is 0. The van der Waals surface area contributed by atoms with Gasteiger partial charge in [0.2, 0.25) is 0 Å². The predicted molar refractivity (Wildman–Crippen MR) is 96.0 cm³/mol. The molecule has 0 aliphatic heterocycles. The lowest BCUT2D eigenvalue weighted by atomic mass is 10.0. The number of benzene rings is 2. The average Bonchev–Trinajstić information content (AvgIpc) is 3.17. The van der Waals surface area contributed by atoms with E-state index in [1.54, 1.807) is 10.9 Å². The largest absolute Gasteiger partial charge is 0.344 e. The van der Waals surface area contributed by atoms with Crippen LogP contribution in [-0.4, -0.2) is 19.5 Å². The van der Waals surface area contributed by atoms with E-state index in [1.165, 1.54) is 5.56 Å². The highest BCUT2D eigenvalue weighted by Crippen LogP contribution is 2.30. The summed E-state index contributed by atoms with van der Waals surface area (Å²) in [6.45, 7) is 4.67. The molecule has 2 aromatic carbocycles. The van der Waals surface area contributed by atoms with Crippen LogP contribution in [0.4, 0.5) is 0 Å². The summed E-state index contributed by atoms with van der Waals surface area (Å²) in [6, 6.07) is 14.3. The molecule has 0 bridgehead atoms. The molecule has 4 aromatic rings. The van der Waals surface area contributed by atoms with Crippen LogP contribution in [0, 0.1) is 6.92 Å². The fourth-order valence-corrected chi connectivity index (χ4v) is 3.15. The highest BCUT2D eigenvalue weighted by atomic mass is 16.1. The first-order chi connectivity index (χ1) is 11.7. The molecule has 0 saturated heterocycles. The van der Waals surface area contributed by atoms with Crippen LogP contribution in [0.25, 0.3) is 33.5 Å². The van der Waals surface area contributed by atoms with Crippen LogP contribution < -0.4 is 5.69 Å². The molecular formula is C19H18N4O. The van der Waals surface area contributed by atoms with Crippen molar-refractivity contribution in [1.29, 1.82) is 0 Å². The second-order valence-electron chi connectivity index (χ2n) is 5.90. The number of fused-ring (bicyclic) bond motifs is 1. The van der Waals surface area contributed by atoms with Crippen molar-refractivity contribution >= 4 is 11.0 Å². The maximum Gasteiger partial charge on any atom is 0.326 e. The molecule has 0 unspecified atom stereocenters. The monoisotopic (exact) mass is 318 g/mol. The zero-order valence-electron chi connectivity index (χ0n) is 13.6. The fraction of sp³-hybridized carbons (Fsp3) is 0.158. The first-order valence-electron chi connectivity index (χ1n) is 8.00. The zero-order chi connectivity index (χ0) is 16.7. The van der Waals surface area contributed by atoms with Gasteiger partial charge >= 0.3 is 5.69 Å². The standard InChI is InChI=1S/C19H18N4O/c1-3-23-16-10-14(7-8-15(16)22-19(23)24)18-17(20-11-21-18)13-6-4-5-12(2)9-13/h4-11H,3H2,1-2H3,(H,20,21)(H,22,24). The van der Waals surface area contributed by atoms with Gasteiger partial charge < -0.3 is 9.97 Å². The van der Waals surface area contributed by atoms with Crippen molar-refractivity contribution in [3.63, 3.8) is 0 Å². The van der Waals surface area contributed by atoms with Crippen molar-refractivity contribution in [3.8, 4) is 22.5 Å². The zero-order valence-corrected chi connectivity index (χ0v) is 13.6. The minimum Gasteiger partial charge on any atom is -0.344 e. The number of nitrogens with one attached hydrogen (secondary N) is 2. The third kappa shape index (κ3) is 2.25. The Morgan fingerprint density at radius 2 is 2.00 bits per heavy atom. The number of H-pyrrole nitrogens is 2. The summed E-state index contributed by atoms with van der Waals surface area (Å²) < 4.78 is 1.74. The Hall–Kier alpha value is -3.08. The van der Waals surface area contributed by atoms with E-state index in [2.05, 4.69) is 40.1 Å². The van der Waals surface area contributed by atoms with Crippen molar-refractivity contribution < 1.29 is 0 Å². The van der Waals surface area contributed by atoms with E-state index in [9.17, 15) is 4.79 Å². The van der Waals surface area contributed by atoms with E-state index in [0.29, 0.717) is 6.54 Å². The van der Waals surface area contributed by atoms with Gasteiger partial charge in [0, 0.05) is 17.7 Å². The number of aryl methyl sites for hydroxylation is 2. The van der Waals surface area contributed by atoms with Gasteiger partial charge in [-0.2, -0.15) is 0 Å². The van der Waals surface area contributed by atoms with Gasteiger partial charge in [0.1, 0.15) is 0 Å². The first-order valence-corrected chi connectivity index (χ1v) is 8.00. The fourth-order valence-electron chi connectivity index (χ4n) is 3.15. The molecule has 0 fully saturated rings. The van der Waals surface area contributed by atoms with Gasteiger partial charge in [0.25, 0.3) is 0 Å². The highest BCUT2D eigenvalue weighted by Gasteiger charge is 2.13. The second-order valence-corrected chi connectivity index (χ2v) is 5.90. The van der Waals surface area contributed by atoms with Crippen LogP contribution >= 0.6 is 0 Å². The van der Waals surface area contributed by atoms with Gasteiger partial charge in [-0.3, -0.25) is 4.57 Å². The molecule has 0 aliphatic carbocycles. The van der Waals surface area contributed by atoms with E-state index in [1.807, 2.05) is 31.2 Å². The van der Waals surface area contributed by atoms with Crippen molar-refractivity contribution in [2.45, 2.75) is 20.4 Å². The quantitative estimate of drug-likeness (QED) is 0.604. The number of rotatable bonds is 3. The lowest BCUT2D eigenvalue weighted by Crippen LogP contribution is -2.14. The van der Waals surface area contributed by atoms with E-state index in [0.717, 1.165) is 33.5 Å². The smallest absolute Gasteiger partial charge is 0.326 e. The van der Waals surface area contributed by atoms with Crippen molar-refractivity contribution in [2.75, 3.05) is 0 Å². The summed E-state index contributed by atoms with van der Waals surface area (Å²) in [5.41, 5.74) is 6.84. The predicted octanol–water partition coefficient (Wildman–Crippen LogP) is 3.72. The molecule has 0 aliphatic rings. The third-order valence-corrected chi connectivity index (χ3v) is 4.31. The second kappa shape index (κ2) is 5.53. The lowest BCUT2D eigenvalue weighted by molar-refractivity contribution is 0.753. The third-order valence-electron chi connectivity index (χ3n) is 4.31. The Morgan fingerprint density at radius 3 is 2.79 bits per heavy atom. The molecule has 2 aromatic heterocycles. The Kier molecular flexibility index (Phi) is 3.34. The number of hydrogen-bond donors (Lipinski definition) is 2. The first kappa shape index (κ1) is 14.5. The maximum absolute atomic E-state index is 12.0. The molecule has 2 heterocycles. The molecule has 0 atom stereocenters. The van der Waals surface area contributed by atoms with Gasteiger partial charge in [-0.25, -0.2) is 9.78 Å². The van der Waals surface area contributed by atoms with Crippen LogP contribution in [0.15, 0.2) is 53.6 Å². The molecule has 0 spiro atoms. The summed E-state index contributed by atoms with van der Waals surface area (Å²) in [6.07, 6.45) is 1.71. The number of imidazole rings is 2. The molecular weight excluding hydrogens is 300 g/mol. The molecule has 120 valence electrons. The number of aromatic nitrogens is 4. The van der Waals surface area contributed by atoms with Crippen LogP contribution in [-0.2, 0) is 6.54 Å². The molecule has 0 amide bonds. The Bertz CT molecular complexity index is 1080. The van der Waals surface area contributed by atoms with Crippen molar-refractivity contribution in [2.24, 2.45) is 0 Å². The van der Waals surface area contributed by atoms with Gasteiger partial charge in [0.15, 0.2) is 0 Å². The molecule has 24 heavy (non-hydrogen) atoms. The molecule has 5 nitrogen and oxygen atoms in total. The van der Waals surface area contributed by atoms with Crippen LogP contribution in [0.1, 0.15) is 12.5 Å². The number of nitrogens with zero attached hydrogens (tertiary/aromatic N) is 2. The summed E-state index contributed by atoms with van der Waals surface area (Å²) in [4.78, 5) is 22.6. The van der Waals surface area contributed by atoms with E-state index in [4.69, 9.17) is 0 Å². The Morgan fingerprint density at radius 1 is 1.12 bits per heavy atom. The van der Waals surface area contributed by atoms with E-state index >= 15 is 0 Å². The molecule has 2 N–H and O–H groups in total. The molecule has 0 saturated carbocycles. The summed E-state index contributed by atoms with van der Waals surface area (Å²) in [5.74, 6) is 0. The number of hydrogen-bond acceptors (Lipinski definition) is 2. The van der Waals surface area contributed by atoms with Gasteiger partial charge in [-0.15, -0.1) is 0 Å². The summed E-state index contributed by atoms with van der Waals surface area (Å²) in [7, 11) is 0. The Labute approximate surface area is 139 Å². The van der Waals surface area contributed by atoms with Gasteiger partial charge in [0.05, 0.1) is 28.7 Å². The van der Waals surface area contributed by atoms with Crippen LogP contribution in [0.2, 0.25) is 0 Å². The van der Waals surface area contributed by atoms with Gasteiger partial charge in [-0.1, -0.05) is 29.8 Å². The minimum absolute atomic E-state index is 0.0758. The minimum atomic E-state index is -0.0758. The van der Waals surface area contributed by atoms with Gasteiger partial charge in [-0.05, 0) is 32.0 Å². The average molecular weight is 318 g/mol. The van der Waals surface area contributed by atoms with Crippen LogP contribution in [0.5, 0.6) is 0 Å². The van der Waals surface area contributed by atoms with E-state index < -0.39 is 0 Å². The van der Waals surface area contributed by atoms with Crippen molar-refractivity contribution in [3.05, 3.63) is 64.8 Å². The highest BCUT2D eigenvalue weighted by molar-refractivity contribution is 5.85. The molecule has 4 rings (SSSR count). The topological polar surface area (TPSA) is 66.5 Å². The SMILES string of the molecule is CCn1c(=O)[nH]c2ccc(-c3[nH]cnc3-c3cccc(C)c3)cc21. The Balaban J connectivity index is 1.90. The summed E-state index contributed by atoms with van der Waals surface area (Å²) in [5, 5.41) is 0. The normalized spacial score (nSPS) is 11.2. The van der Waals surface area contributed by atoms with Crippen molar-refractivity contribution in [1.82, 2.24) is 19.5 Å². The lowest BCUT2D eigenvalue weighted by Gasteiger charge is -2.06. The number of aromatic amines is 2. The van der Waals surface area contributed by atoms with E-state index in [-0.39, 0.29) is 5.69 Å². The molecule has 5 heteroatoms. The maximum atomic E-state index is 12.0. The molecule has 0 radical (unpaired) electrons.